The molecule has 0 N–H and O–H groups in total. The predicted octanol–water partition coefficient (Wildman–Crippen LogP) is 2.97. The van der Waals surface area contributed by atoms with Crippen LogP contribution >= 0.6 is 0 Å². The van der Waals surface area contributed by atoms with Gasteiger partial charge in [0.1, 0.15) is 5.82 Å². The summed E-state index contributed by atoms with van der Waals surface area (Å²) in [6, 6.07) is 6.17. The highest BCUT2D eigenvalue weighted by Gasteiger charge is 2.21. The highest BCUT2D eigenvalue weighted by Crippen LogP contribution is 2.21. The Morgan fingerprint density at radius 3 is 2.82 bits per heavy atom. The number of carbonyl (C=O) groups is 1. The van der Waals surface area contributed by atoms with Crippen LogP contribution in [0.25, 0.3) is 11.4 Å². The van der Waals surface area contributed by atoms with E-state index in [1.807, 2.05) is 11.8 Å². The summed E-state index contributed by atoms with van der Waals surface area (Å²) in [7, 11) is 0. The molecule has 0 radical (unpaired) electrons. The molecule has 0 saturated heterocycles. The minimum absolute atomic E-state index is 0.191. The molecule has 0 unspecified atom stereocenters. The second-order valence-electron chi connectivity index (χ2n) is 5.49. The zero-order valence-electron chi connectivity index (χ0n) is 12.6. The molecule has 1 aliphatic heterocycles. The van der Waals surface area contributed by atoms with Gasteiger partial charge in [-0.05, 0) is 30.7 Å². The number of aromatic nitrogens is 2. The lowest BCUT2D eigenvalue weighted by atomic mass is 10.1. The molecule has 1 aromatic heterocycles. The van der Waals surface area contributed by atoms with Crippen LogP contribution in [0.5, 0.6) is 0 Å². The monoisotopic (exact) mass is 299 g/mol. The molecule has 2 heterocycles. The molecule has 5 heteroatoms. The molecule has 22 heavy (non-hydrogen) atoms. The van der Waals surface area contributed by atoms with Crippen molar-refractivity contribution in [2.75, 3.05) is 6.54 Å². The Balaban J connectivity index is 1.81. The van der Waals surface area contributed by atoms with Crippen LogP contribution in [0.2, 0.25) is 0 Å². The van der Waals surface area contributed by atoms with Gasteiger partial charge >= 0.3 is 0 Å². The Labute approximate surface area is 129 Å². The zero-order chi connectivity index (χ0) is 15.5. The van der Waals surface area contributed by atoms with Crippen LogP contribution in [-0.4, -0.2) is 27.3 Å². The Morgan fingerprint density at radius 2 is 2.09 bits per heavy atom. The van der Waals surface area contributed by atoms with Gasteiger partial charge in [-0.3, -0.25) is 4.79 Å². The third-order valence-corrected chi connectivity index (χ3v) is 3.85. The van der Waals surface area contributed by atoms with E-state index in [2.05, 4.69) is 9.97 Å². The molecule has 1 amide bonds. The van der Waals surface area contributed by atoms with Crippen LogP contribution in [0.4, 0.5) is 4.39 Å². The highest BCUT2D eigenvalue weighted by atomic mass is 19.1. The number of benzene rings is 1. The lowest BCUT2D eigenvalue weighted by molar-refractivity contribution is -0.132. The molecule has 4 nitrogen and oxygen atoms in total. The van der Waals surface area contributed by atoms with Crippen molar-refractivity contribution < 1.29 is 9.18 Å². The first kappa shape index (κ1) is 14.6. The largest absolute Gasteiger partial charge is 0.338 e. The molecule has 1 aliphatic rings. The second-order valence-corrected chi connectivity index (χ2v) is 5.49. The number of hydrogen-bond donors (Lipinski definition) is 0. The number of halogens is 1. The van der Waals surface area contributed by atoms with Crippen LogP contribution in [0, 0.1) is 5.82 Å². The summed E-state index contributed by atoms with van der Waals surface area (Å²) in [4.78, 5) is 22.8. The van der Waals surface area contributed by atoms with Gasteiger partial charge in [0.15, 0.2) is 5.82 Å². The van der Waals surface area contributed by atoms with Crippen molar-refractivity contribution in [2.45, 2.75) is 32.7 Å². The van der Waals surface area contributed by atoms with Crippen LogP contribution in [0.3, 0.4) is 0 Å². The lowest BCUT2D eigenvalue weighted by Gasteiger charge is -2.28. The molecule has 0 bridgehead atoms. The maximum Gasteiger partial charge on any atom is 0.222 e. The maximum atomic E-state index is 13.0. The first-order valence-electron chi connectivity index (χ1n) is 7.56. The van der Waals surface area contributed by atoms with E-state index in [1.165, 1.54) is 12.1 Å². The number of amides is 1. The summed E-state index contributed by atoms with van der Waals surface area (Å²) in [6.07, 6.45) is 3.97. The predicted molar refractivity (Wildman–Crippen MR) is 81.5 cm³/mol. The fourth-order valence-corrected chi connectivity index (χ4v) is 2.64. The van der Waals surface area contributed by atoms with E-state index >= 15 is 0 Å². The summed E-state index contributed by atoms with van der Waals surface area (Å²) in [5.74, 6) is 0.523. The average Bonchev–Trinajstić information content (AvgIpc) is 2.55. The van der Waals surface area contributed by atoms with Crippen LogP contribution in [0.1, 0.15) is 31.0 Å². The molecule has 0 saturated carbocycles. The van der Waals surface area contributed by atoms with Crippen molar-refractivity contribution in [3.05, 3.63) is 47.5 Å². The number of carbonyl (C=O) groups excluding carboxylic acids is 1. The SMILES string of the molecule is CCCC(=O)N1CCc2nc(-c3ccc(F)cc3)ncc2C1. The van der Waals surface area contributed by atoms with E-state index in [0.29, 0.717) is 25.3 Å². The van der Waals surface area contributed by atoms with Gasteiger partial charge in [0, 0.05) is 43.3 Å². The van der Waals surface area contributed by atoms with Gasteiger partial charge in [-0.1, -0.05) is 6.92 Å². The van der Waals surface area contributed by atoms with E-state index in [1.54, 1.807) is 18.3 Å². The molecular weight excluding hydrogens is 281 g/mol. The van der Waals surface area contributed by atoms with Gasteiger partial charge in [-0.2, -0.15) is 0 Å². The lowest BCUT2D eigenvalue weighted by Crippen LogP contribution is -2.36. The van der Waals surface area contributed by atoms with Gasteiger partial charge in [0.05, 0.1) is 5.69 Å². The molecular formula is C17H18FN3O. The quantitative estimate of drug-likeness (QED) is 0.875. The summed E-state index contributed by atoms with van der Waals surface area (Å²) < 4.78 is 13.0. The van der Waals surface area contributed by atoms with Crippen molar-refractivity contribution in [3.63, 3.8) is 0 Å². The molecule has 0 aliphatic carbocycles. The van der Waals surface area contributed by atoms with Crippen molar-refractivity contribution in [3.8, 4) is 11.4 Å². The summed E-state index contributed by atoms with van der Waals surface area (Å²) in [5.41, 5.74) is 2.78. The fourth-order valence-electron chi connectivity index (χ4n) is 2.64. The first-order chi connectivity index (χ1) is 10.7. The Bertz CT molecular complexity index is 685. The van der Waals surface area contributed by atoms with Crippen LogP contribution < -0.4 is 0 Å². The molecule has 1 aromatic carbocycles. The third-order valence-electron chi connectivity index (χ3n) is 3.85. The number of rotatable bonds is 3. The molecule has 114 valence electrons. The summed E-state index contributed by atoms with van der Waals surface area (Å²) >= 11 is 0. The Morgan fingerprint density at radius 1 is 1.32 bits per heavy atom. The van der Waals surface area contributed by atoms with Gasteiger partial charge in [-0.25, -0.2) is 14.4 Å². The maximum absolute atomic E-state index is 13.0. The average molecular weight is 299 g/mol. The van der Waals surface area contributed by atoms with Gasteiger partial charge in [0.2, 0.25) is 5.91 Å². The fraction of sp³-hybridized carbons (Fsp3) is 0.353. The summed E-state index contributed by atoms with van der Waals surface area (Å²) in [5, 5.41) is 0. The van der Waals surface area contributed by atoms with Crippen LogP contribution in [0.15, 0.2) is 30.5 Å². The van der Waals surface area contributed by atoms with E-state index in [9.17, 15) is 9.18 Å². The van der Waals surface area contributed by atoms with Gasteiger partial charge in [-0.15, -0.1) is 0 Å². The Hall–Kier alpha value is -2.30. The van der Waals surface area contributed by atoms with Crippen molar-refractivity contribution >= 4 is 5.91 Å². The topological polar surface area (TPSA) is 46.1 Å². The smallest absolute Gasteiger partial charge is 0.222 e. The van der Waals surface area contributed by atoms with Gasteiger partial charge in [0.25, 0.3) is 0 Å². The minimum atomic E-state index is -0.271. The van der Waals surface area contributed by atoms with Crippen LogP contribution in [-0.2, 0) is 17.8 Å². The third kappa shape index (κ3) is 2.98. The molecule has 2 aromatic rings. The zero-order valence-corrected chi connectivity index (χ0v) is 12.6. The number of nitrogens with zero attached hydrogens (tertiary/aromatic N) is 3. The van der Waals surface area contributed by atoms with Gasteiger partial charge < -0.3 is 4.90 Å². The number of hydrogen-bond acceptors (Lipinski definition) is 3. The highest BCUT2D eigenvalue weighted by molar-refractivity contribution is 5.76. The molecule has 0 atom stereocenters. The van der Waals surface area contributed by atoms with E-state index < -0.39 is 0 Å². The summed E-state index contributed by atoms with van der Waals surface area (Å²) in [6.45, 7) is 3.29. The van der Waals surface area contributed by atoms with E-state index in [-0.39, 0.29) is 11.7 Å². The molecule has 0 spiro atoms. The van der Waals surface area contributed by atoms with Crippen molar-refractivity contribution in [2.24, 2.45) is 0 Å². The van der Waals surface area contributed by atoms with E-state index in [4.69, 9.17) is 0 Å². The number of fused-ring (bicyclic) bond motifs is 1. The molecule has 0 fully saturated rings. The Kier molecular flexibility index (Phi) is 4.13. The van der Waals surface area contributed by atoms with Crippen molar-refractivity contribution in [1.29, 1.82) is 0 Å². The van der Waals surface area contributed by atoms with Crippen molar-refractivity contribution in [1.82, 2.24) is 14.9 Å². The minimum Gasteiger partial charge on any atom is -0.338 e. The normalized spacial score (nSPS) is 13.8. The van der Waals surface area contributed by atoms with E-state index in [0.717, 1.165) is 29.7 Å². The first-order valence-corrected chi connectivity index (χ1v) is 7.56. The standard InChI is InChI=1S/C17H18FN3O/c1-2-3-16(22)21-9-8-15-13(11-21)10-19-17(20-15)12-4-6-14(18)7-5-12/h4-7,10H,2-3,8-9,11H2,1H3. The molecule has 3 rings (SSSR count). The second kappa shape index (κ2) is 6.22.